The summed E-state index contributed by atoms with van der Waals surface area (Å²) in [7, 11) is -7.66. The van der Waals surface area contributed by atoms with Crippen molar-refractivity contribution < 1.29 is 26.0 Å². The van der Waals surface area contributed by atoms with Crippen molar-refractivity contribution in [2.75, 3.05) is 25.4 Å². The molecule has 0 amide bonds. The third kappa shape index (κ3) is 4.06. The maximum absolute atomic E-state index is 14.2. The zero-order valence-corrected chi connectivity index (χ0v) is 17.0. The van der Waals surface area contributed by atoms with E-state index in [2.05, 4.69) is 0 Å². The van der Waals surface area contributed by atoms with Crippen molar-refractivity contribution in [3.63, 3.8) is 0 Å². The van der Waals surface area contributed by atoms with Crippen molar-refractivity contribution in [1.82, 2.24) is 4.31 Å². The van der Waals surface area contributed by atoms with Crippen LogP contribution >= 0.6 is 0 Å². The van der Waals surface area contributed by atoms with E-state index in [0.717, 1.165) is 4.31 Å². The van der Waals surface area contributed by atoms with E-state index < -0.39 is 30.9 Å². The topological polar surface area (TPSA) is 80.8 Å². The lowest BCUT2D eigenvalue weighted by molar-refractivity contribution is 0.329. The molecular formula is C19H22FNO5S2. The number of halogens is 1. The molecule has 0 aromatic heterocycles. The first-order chi connectivity index (χ1) is 13.3. The van der Waals surface area contributed by atoms with E-state index >= 15 is 0 Å². The van der Waals surface area contributed by atoms with Gasteiger partial charge in [0.25, 0.3) is 0 Å². The minimum Gasteiger partial charge on any atom is -0.492 e. The normalized spacial score (nSPS) is 20.4. The van der Waals surface area contributed by atoms with Gasteiger partial charge < -0.3 is 4.74 Å². The third-order valence-corrected chi connectivity index (χ3v) is 8.76. The third-order valence-electron chi connectivity index (χ3n) is 4.72. The summed E-state index contributed by atoms with van der Waals surface area (Å²) in [6.07, 6.45) is -0.0146. The average molecular weight is 428 g/mol. The molecule has 1 fully saturated rings. The molecule has 1 atom stereocenters. The van der Waals surface area contributed by atoms with Gasteiger partial charge in [0.05, 0.1) is 17.6 Å². The van der Waals surface area contributed by atoms with Crippen LogP contribution in [0.1, 0.15) is 24.2 Å². The van der Waals surface area contributed by atoms with E-state index in [-0.39, 0.29) is 41.5 Å². The van der Waals surface area contributed by atoms with Gasteiger partial charge in [-0.05, 0) is 31.5 Å². The smallest absolute Gasteiger partial charge is 0.246 e. The van der Waals surface area contributed by atoms with Gasteiger partial charge in [0.15, 0.2) is 9.84 Å². The molecule has 0 saturated carbocycles. The molecule has 28 heavy (non-hydrogen) atoms. The monoisotopic (exact) mass is 427 g/mol. The zero-order valence-electron chi connectivity index (χ0n) is 15.4. The highest BCUT2D eigenvalue weighted by Crippen LogP contribution is 2.34. The molecule has 0 spiro atoms. The van der Waals surface area contributed by atoms with Gasteiger partial charge >= 0.3 is 0 Å². The van der Waals surface area contributed by atoms with E-state index in [4.69, 9.17) is 4.74 Å². The highest BCUT2D eigenvalue weighted by molar-refractivity contribution is 7.92. The minimum atomic E-state index is -3.95. The molecule has 0 aliphatic carbocycles. The van der Waals surface area contributed by atoms with E-state index in [1.165, 1.54) is 24.3 Å². The fourth-order valence-corrected chi connectivity index (χ4v) is 6.83. The number of sulfone groups is 1. The largest absolute Gasteiger partial charge is 0.492 e. The van der Waals surface area contributed by atoms with Gasteiger partial charge in [-0.15, -0.1) is 0 Å². The minimum absolute atomic E-state index is 0.00131. The Labute approximate surface area is 164 Å². The summed E-state index contributed by atoms with van der Waals surface area (Å²) in [6, 6.07) is 12.0. The van der Waals surface area contributed by atoms with Gasteiger partial charge in [-0.3, -0.25) is 0 Å². The average Bonchev–Trinajstić information content (AvgIpc) is 2.81. The molecule has 6 nitrogen and oxygen atoms in total. The molecule has 1 saturated heterocycles. The van der Waals surface area contributed by atoms with Crippen LogP contribution in [0.2, 0.25) is 0 Å². The van der Waals surface area contributed by atoms with E-state index in [9.17, 15) is 21.2 Å². The van der Waals surface area contributed by atoms with Crippen LogP contribution in [0, 0.1) is 5.82 Å². The number of ether oxygens (including phenoxy) is 1. The van der Waals surface area contributed by atoms with Crippen molar-refractivity contribution in [3.05, 3.63) is 59.9 Å². The number of benzene rings is 2. The molecule has 0 N–H and O–H groups in total. The van der Waals surface area contributed by atoms with Gasteiger partial charge in [-0.25, -0.2) is 21.2 Å². The number of hydrogen-bond acceptors (Lipinski definition) is 5. The van der Waals surface area contributed by atoms with Crippen molar-refractivity contribution >= 4 is 19.9 Å². The fourth-order valence-electron chi connectivity index (χ4n) is 3.33. The van der Waals surface area contributed by atoms with E-state index in [0.29, 0.717) is 6.61 Å². The van der Waals surface area contributed by atoms with Crippen LogP contribution in [0.5, 0.6) is 5.75 Å². The Morgan fingerprint density at radius 3 is 2.50 bits per heavy atom. The molecule has 3 rings (SSSR count). The molecule has 2 aromatic rings. The number of para-hydroxylation sites is 1. The molecule has 1 aliphatic heterocycles. The van der Waals surface area contributed by atoms with E-state index in [1.54, 1.807) is 31.2 Å². The summed E-state index contributed by atoms with van der Waals surface area (Å²) in [4.78, 5) is -0.00131. The summed E-state index contributed by atoms with van der Waals surface area (Å²) in [5.74, 6) is -0.751. The summed E-state index contributed by atoms with van der Waals surface area (Å²) >= 11 is 0. The standard InChI is InChI=1S/C19H22FNO5S2/c1-2-26-17-9-5-6-10-19(17)28(24,25)21-12-11-18(27(22,23)14-13-21)15-7-3-4-8-16(15)20/h3-10,18H,2,11-14H2,1H3. The van der Waals surface area contributed by atoms with Gasteiger partial charge in [0, 0.05) is 18.7 Å². The number of rotatable bonds is 5. The molecule has 0 radical (unpaired) electrons. The van der Waals surface area contributed by atoms with Crippen LogP contribution in [0.4, 0.5) is 4.39 Å². The Balaban J connectivity index is 1.94. The van der Waals surface area contributed by atoms with Crippen LogP contribution in [-0.4, -0.2) is 46.6 Å². The van der Waals surface area contributed by atoms with Gasteiger partial charge in [-0.1, -0.05) is 30.3 Å². The molecule has 1 unspecified atom stereocenters. The molecule has 1 heterocycles. The lowest BCUT2D eigenvalue weighted by atomic mass is 10.1. The van der Waals surface area contributed by atoms with Crippen LogP contribution in [0.15, 0.2) is 53.4 Å². The SMILES string of the molecule is CCOc1ccccc1S(=O)(=O)N1CCC(c2ccccc2F)S(=O)(=O)CC1. The van der Waals surface area contributed by atoms with Crippen LogP contribution < -0.4 is 4.74 Å². The van der Waals surface area contributed by atoms with Crippen LogP contribution in [-0.2, 0) is 19.9 Å². The first-order valence-corrected chi connectivity index (χ1v) is 12.1. The predicted octanol–water partition coefficient (Wildman–Crippen LogP) is 2.77. The van der Waals surface area contributed by atoms with E-state index in [1.807, 2.05) is 0 Å². The highest BCUT2D eigenvalue weighted by atomic mass is 32.2. The fraction of sp³-hybridized carbons (Fsp3) is 0.368. The van der Waals surface area contributed by atoms with Crippen LogP contribution in [0.3, 0.4) is 0 Å². The first-order valence-electron chi connectivity index (χ1n) is 8.95. The van der Waals surface area contributed by atoms with Crippen molar-refractivity contribution in [1.29, 1.82) is 0 Å². The summed E-state index contributed by atoms with van der Waals surface area (Å²) in [6.45, 7) is 1.84. The maximum atomic E-state index is 14.2. The number of nitrogens with zero attached hydrogens (tertiary/aromatic N) is 1. The first kappa shape index (κ1) is 20.8. The second-order valence-corrected chi connectivity index (χ2v) is 10.7. The molecule has 152 valence electrons. The highest BCUT2D eigenvalue weighted by Gasteiger charge is 2.37. The van der Waals surface area contributed by atoms with Gasteiger partial charge in [0.2, 0.25) is 10.0 Å². The Morgan fingerprint density at radius 2 is 1.79 bits per heavy atom. The second kappa shape index (κ2) is 8.18. The van der Waals surface area contributed by atoms with Crippen molar-refractivity contribution in [3.8, 4) is 5.75 Å². The zero-order chi connectivity index (χ0) is 20.4. The Bertz CT molecular complexity index is 1050. The lowest BCUT2D eigenvalue weighted by Crippen LogP contribution is -2.33. The summed E-state index contributed by atoms with van der Waals surface area (Å²) in [5.41, 5.74) is 0.0801. The summed E-state index contributed by atoms with van der Waals surface area (Å²) < 4.78 is 72.4. The molecule has 0 bridgehead atoms. The Morgan fingerprint density at radius 1 is 1.11 bits per heavy atom. The Kier molecular flexibility index (Phi) is 6.07. The molecule has 9 heteroatoms. The summed E-state index contributed by atoms with van der Waals surface area (Å²) in [5, 5.41) is -1.07. The molecular weight excluding hydrogens is 405 g/mol. The van der Waals surface area contributed by atoms with Crippen molar-refractivity contribution in [2.45, 2.75) is 23.5 Å². The predicted molar refractivity (Wildman–Crippen MR) is 104 cm³/mol. The lowest BCUT2D eigenvalue weighted by Gasteiger charge is -2.21. The Hall–Kier alpha value is -1.97. The van der Waals surface area contributed by atoms with Gasteiger partial charge in [0.1, 0.15) is 16.5 Å². The number of hydrogen-bond donors (Lipinski definition) is 0. The quantitative estimate of drug-likeness (QED) is 0.733. The maximum Gasteiger partial charge on any atom is 0.246 e. The second-order valence-electron chi connectivity index (χ2n) is 6.45. The van der Waals surface area contributed by atoms with Gasteiger partial charge in [-0.2, -0.15) is 4.31 Å². The van der Waals surface area contributed by atoms with Crippen molar-refractivity contribution in [2.24, 2.45) is 0 Å². The van der Waals surface area contributed by atoms with Crippen LogP contribution in [0.25, 0.3) is 0 Å². The molecule has 2 aromatic carbocycles. The molecule has 1 aliphatic rings. The number of sulfonamides is 1.